The number of halogens is 1. The molecule has 22 heavy (non-hydrogen) atoms. The van der Waals surface area contributed by atoms with Crippen molar-refractivity contribution in [3.63, 3.8) is 0 Å². The van der Waals surface area contributed by atoms with Gasteiger partial charge in [-0.3, -0.25) is 0 Å². The number of anilines is 1. The number of H-pyrrole nitrogens is 1. The number of hydrogen-bond acceptors (Lipinski definition) is 3. The van der Waals surface area contributed by atoms with E-state index < -0.39 is 10.0 Å². The number of sulfonamides is 1. The minimum absolute atomic E-state index is 0.244. The van der Waals surface area contributed by atoms with Crippen LogP contribution in [0.5, 0.6) is 0 Å². The molecule has 7 heteroatoms. The first-order chi connectivity index (χ1) is 10.6. The van der Waals surface area contributed by atoms with Crippen LogP contribution in [0.2, 0.25) is 5.02 Å². The lowest BCUT2D eigenvalue weighted by atomic mass is 10.2. The third-order valence-electron chi connectivity index (χ3n) is 3.26. The van der Waals surface area contributed by atoms with Crippen LogP contribution in [0.25, 0.3) is 10.9 Å². The number of rotatable bonds is 4. The van der Waals surface area contributed by atoms with Crippen molar-refractivity contribution in [2.24, 2.45) is 0 Å². The second kappa shape index (κ2) is 5.87. The summed E-state index contributed by atoms with van der Waals surface area (Å²) in [5, 5.41) is 1.19. The largest absolute Gasteiger partial charge is 0.360 e. The number of hydrogen-bond donors (Lipinski definition) is 1. The molecule has 0 aliphatic heterocycles. The molecule has 0 saturated carbocycles. The number of fused-ring (bicyclic) bond motifs is 1. The Morgan fingerprint density at radius 1 is 1.09 bits per heavy atom. The molecule has 1 heterocycles. The van der Waals surface area contributed by atoms with Gasteiger partial charge in [-0.25, -0.2) is 12.1 Å². The van der Waals surface area contributed by atoms with Gasteiger partial charge in [0.1, 0.15) is 0 Å². The van der Waals surface area contributed by atoms with Gasteiger partial charge in [0.05, 0.1) is 15.6 Å². The van der Waals surface area contributed by atoms with E-state index in [4.69, 9.17) is 11.6 Å². The fraction of sp³-hybridized carbons (Fsp3) is 0.0667. The summed E-state index contributed by atoms with van der Waals surface area (Å²) < 4.78 is 27.1. The lowest BCUT2D eigenvalue weighted by molar-refractivity contribution is 0.598. The second-order valence-electron chi connectivity index (χ2n) is 4.56. The highest BCUT2D eigenvalue weighted by atomic mass is 35.5. The summed E-state index contributed by atoms with van der Waals surface area (Å²) in [4.78, 5) is 3.28. The van der Waals surface area contributed by atoms with Crippen LogP contribution in [0, 0.1) is 0 Å². The van der Waals surface area contributed by atoms with Crippen LogP contribution < -0.4 is 3.71 Å². The van der Waals surface area contributed by atoms with Crippen molar-refractivity contribution < 1.29 is 8.42 Å². The van der Waals surface area contributed by atoms with Gasteiger partial charge in [0.2, 0.25) is 0 Å². The number of nitrogens with one attached hydrogen (secondary N) is 1. The van der Waals surface area contributed by atoms with Crippen molar-refractivity contribution >= 4 is 50.2 Å². The quantitative estimate of drug-likeness (QED) is 0.712. The fourth-order valence-electron chi connectivity index (χ4n) is 2.29. The van der Waals surface area contributed by atoms with Crippen molar-refractivity contribution in [1.82, 2.24) is 4.98 Å². The van der Waals surface area contributed by atoms with Gasteiger partial charge in [0.25, 0.3) is 10.0 Å². The molecule has 3 aromatic rings. The Labute approximate surface area is 138 Å². The Hall–Kier alpha value is -1.63. The number of nitrogens with zero attached hydrogens (tertiary/aromatic N) is 1. The molecule has 0 aliphatic carbocycles. The molecule has 0 bridgehead atoms. The van der Waals surface area contributed by atoms with Crippen molar-refractivity contribution in [3.05, 3.63) is 59.8 Å². The second-order valence-corrected chi connectivity index (χ2v) is 7.72. The zero-order chi connectivity index (χ0) is 15.7. The molecule has 2 aromatic carbocycles. The van der Waals surface area contributed by atoms with E-state index in [2.05, 4.69) is 4.98 Å². The zero-order valence-corrected chi connectivity index (χ0v) is 14.0. The predicted octanol–water partition coefficient (Wildman–Crippen LogP) is 4.29. The molecule has 0 atom stereocenters. The van der Waals surface area contributed by atoms with E-state index in [0.29, 0.717) is 16.1 Å². The number of benzene rings is 2. The molecule has 0 unspecified atom stereocenters. The first-order valence-corrected chi connectivity index (χ1v) is 9.46. The van der Waals surface area contributed by atoms with E-state index in [1.807, 2.05) is 6.07 Å². The molecule has 0 spiro atoms. The van der Waals surface area contributed by atoms with Crippen molar-refractivity contribution in [2.75, 3.05) is 9.97 Å². The normalized spacial score (nSPS) is 11.7. The third kappa shape index (κ3) is 2.47. The van der Waals surface area contributed by atoms with Gasteiger partial charge in [-0.05, 0) is 36.2 Å². The summed E-state index contributed by atoms with van der Waals surface area (Å²) in [6.45, 7) is 0. The van der Waals surface area contributed by atoms with Crippen molar-refractivity contribution in [3.8, 4) is 0 Å². The Morgan fingerprint density at radius 2 is 1.82 bits per heavy atom. The van der Waals surface area contributed by atoms with E-state index >= 15 is 0 Å². The van der Waals surface area contributed by atoms with Gasteiger partial charge in [0, 0.05) is 23.4 Å². The van der Waals surface area contributed by atoms with Crippen LogP contribution in [-0.4, -0.2) is 19.7 Å². The zero-order valence-electron chi connectivity index (χ0n) is 11.7. The predicted molar refractivity (Wildman–Crippen MR) is 92.9 cm³/mol. The molecule has 1 N–H and O–H groups in total. The summed E-state index contributed by atoms with van der Waals surface area (Å²) in [7, 11) is -3.67. The molecule has 0 radical (unpaired) electrons. The first-order valence-electron chi connectivity index (χ1n) is 6.46. The lowest BCUT2D eigenvalue weighted by Gasteiger charge is -2.22. The standard InChI is InChI=1S/C15H13ClN2O2S2/c1-21-18(22(19,20)11-6-3-2-4-7-11)14-9-5-8-13-15(14)12(16)10-17-13/h2-10,17H,1H3. The first kappa shape index (κ1) is 15.3. The highest BCUT2D eigenvalue weighted by molar-refractivity contribution is 8.14. The molecule has 1 aromatic heterocycles. The van der Waals surface area contributed by atoms with Crippen LogP contribution in [0.1, 0.15) is 0 Å². The minimum atomic E-state index is -3.67. The SMILES string of the molecule is CSN(c1cccc2[nH]cc(Cl)c12)S(=O)(=O)c1ccccc1. The van der Waals surface area contributed by atoms with E-state index in [9.17, 15) is 8.42 Å². The van der Waals surface area contributed by atoms with Gasteiger partial charge in [-0.15, -0.1) is 0 Å². The van der Waals surface area contributed by atoms with Crippen LogP contribution in [0.4, 0.5) is 5.69 Å². The average Bonchev–Trinajstić information content (AvgIpc) is 2.91. The molecular weight excluding hydrogens is 340 g/mol. The molecule has 0 aliphatic rings. The Balaban J connectivity index is 2.21. The van der Waals surface area contributed by atoms with E-state index in [-0.39, 0.29) is 4.90 Å². The molecule has 4 nitrogen and oxygen atoms in total. The van der Waals surface area contributed by atoms with Crippen molar-refractivity contribution in [1.29, 1.82) is 0 Å². The molecule has 0 saturated heterocycles. The topological polar surface area (TPSA) is 53.2 Å². The monoisotopic (exact) mass is 352 g/mol. The van der Waals surface area contributed by atoms with Gasteiger partial charge in [0.15, 0.2) is 0 Å². The van der Waals surface area contributed by atoms with Gasteiger partial charge in [-0.2, -0.15) is 0 Å². The van der Waals surface area contributed by atoms with Gasteiger partial charge in [-0.1, -0.05) is 35.9 Å². The van der Waals surface area contributed by atoms with E-state index in [0.717, 1.165) is 17.5 Å². The van der Waals surface area contributed by atoms with Crippen LogP contribution in [0.15, 0.2) is 59.6 Å². The fourth-order valence-corrected chi connectivity index (χ4v) is 5.04. The maximum Gasteiger partial charge on any atom is 0.273 e. The molecule has 0 fully saturated rings. The average molecular weight is 353 g/mol. The van der Waals surface area contributed by atoms with E-state index in [1.165, 1.54) is 3.71 Å². The molecular formula is C15H13ClN2O2S2. The molecule has 0 amide bonds. The minimum Gasteiger partial charge on any atom is -0.360 e. The maximum absolute atomic E-state index is 12.9. The Morgan fingerprint density at radius 3 is 2.50 bits per heavy atom. The van der Waals surface area contributed by atoms with Crippen molar-refractivity contribution in [2.45, 2.75) is 4.90 Å². The molecule has 114 valence electrons. The lowest BCUT2D eigenvalue weighted by Crippen LogP contribution is -2.24. The van der Waals surface area contributed by atoms with E-state index in [1.54, 1.807) is 54.9 Å². The number of aromatic amines is 1. The van der Waals surface area contributed by atoms with Gasteiger partial charge < -0.3 is 4.98 Å². The van der Waals surface area contributed by atoms with Crippen LogP contribution in [-0.2, 0) is 10.0 Å². The van der Waals surface area contributed by atoms with Crippen LogP contribution in [0.3, 0.4) is 0 Å². The highest BCUT2D eigenvalue weighted by Crippen LogP contribution is 2.38. The summed E-state index contributed by atoms with van der Waals surface area (Å²) in [6.07, 6.45) is 3.38. The molecule has 3 rings (SSSR count). The third-order valence-corrected chi connectivity index (χ3v) is 6.62. The smallest absolute Gasteiger partial charge is 0.273 e. The van der Waals surface area contributed by atoms with Gasteiger partial charge >= 0.3 is 0 Å². The highest BCUT2D eigenvalue weighted by Gasteiger charge is 2.26. The summed E-state index contributed by atoms with van der Waals surface area (Å²) >= 11 is 7.34. The Bertz CT molecular complexity index is 908. The Kier molecular flexibility index (Phi) is 4.08. The summed E-state index contributed by atoms with van der Waals surface area (Å²) in [5.74, 6) is 0. The summed E-state index contributed by atoms with van der Waals surface area (Å²) in [5.41, 5.74) is 1.34. The number of aromatic nitrogens is 1. The maximum atomic E-state index is 12.9. The van der Waals surface area contributed by atoms with Crippen LogP contribution >= 0.6 is 23.5 Å². The summed E-state index contributed by atoms with van der Waals surface area (Å²) in [6, 6.07) is 13.8.